The summed E-state index contributed by atoms with van der Waals surface area (Å²) in [6.07, 6.45) is 5.51. The highest BCUT2D eigenvalue weighted by molar-refractivity contribution is 6.29. The molecule has 1 fully saturated rings. The van der Waals surface area contributed by atoms with E-state index in [1.54, 1.807) is 19.2 Å². The number of ether oxygens (including phenoxy) is 1. The Labute approximate surface area is 222 Å². The van der Waals surface area contributed by atoms with Crippen molar-refractivity contribution in [1.82, 2.24) is 20.2 Å². The standard InChI is InChI=1S/C27H32ClN7O2/c1-18-14-24-30-26(36)25-22(15-23(28)32-33-25)34-13-5-7-19(16-34)6-3-4-12-35(27(29-18)31-24)17-20-8-10-21(37-2)11-9-20/h8-11,14-15,19H,3-7,12-13,16-17H2,1-2H3,(H,29,30,31,36). The average molecular weight is 522 g/mol. The maximum Gasteiger partial charge on any atom is 0.279 e. The van der Waals surface area contributed by atoms with Gasteiger partial charge in [0.25, 0.3) is 5.91 Å². The highest BCUT2D eigenvalue weighted by Crippen LogP contribution is 2.30. The monoisotopic (exact) mass is 521 g/mol. The molecule has 10 heteroatoms. The van der Waals surface area contributed by atoms with Gasteiger partial charge in [-0.1, -0.05) is 30.2 Å². The van der Waals surface area contributed by atoms with Crippen LogP contribution in [-0.4, -0.2) is 52.8 Å². The van der Waals surface area contributed by atoms with Gasteiger partial charge in [-0.2, -0.15) is 4.98 Å². The first-order chi connectivity index (χ1) is 18.0. The third-order valence-corrected chi connectivity index (χ3v) is 7.19. The molecule has 194 valence electrons. The summed E-state index contributed by atoms with van der Waals surface area (Å²) in [6, 6.07) is 11.6. The number of aryl methyl sites for hydroxylation is 1. The van der Waals surface area contributed by atoms with Crippen LogP contribution in [0.1, 0.15) is 53.8 Å². The second-order valence-corrected chi connectivity index (χ2v) is 10.2. The van der Waals surface area contributed by atoms with E-state index < -0.39 is 0 Å². The summed E-state index contributed by atoms with van der Waals surface area (Å²) in [4.78, 5) is 27.3. The number of fused-ring (bicyclic) bond motifs is 6. The van der Waals surface area contributed by atoms with E-state index in [4.69, 9.17) is 26.3 Å². The third-order valence-electron chi connectivity index (χ3n) is 7.01. The number of hydrogen-bond acceptors (Lipinski definition) is 8. The first-order valence-electron chi connectivity index (χ1n) is 12.8. The Morgan fingerprint density at radius 1 is 1.05 bits per heavy atom. The quantitative estimate of drug-likeness (QED) is 0.520. The number of benzene rings is 1. The minimum atomic E-state index is -0.359. The van der Waals surface area contributed by atoms with Crippen LogP contribution in [0.3, 0.4) is 0 Å². The molecule has 37 heavy (non-hydrogen) atoms. The zero-order valence-electron chi connectivity index (χ0n) is 21.3. The molecule has 3 aromatic rings. The Hall–Kier alpha value is -3.46. The predicted molar refractivity (Wildman–Crippen MR) is 145 cm³/mol. The predicted octanol–water partition coefficient (Wildman–Crippen LogP) is 4.90. The van der Waals surface area contributed by atoms with Crippen molar-refractivity contribution < 1.29 is 9.53 Å². The maximum absolute atomic E-state index is 13.4. The molecule has 5 rings (SSSR count). The third kappa shape index (κ3) is 6.10. The molecule has 1 N–H and O–H groups in total. The van der Waals surface area contributed by atoms with E-state index in [1.165, 1.54) is 6.42 Å². The number of carbonyl (C=O) groups is 1. The van der Waals surface area contributed by atoms with Crippen LogP contribution in [0.4, 0.5) is 17.5 Å². The van der Waals surface area contributed by atoms with Crippen LogP contribution in [-0.2, 0) is 6.54 Å². The summed E-state index contributed by atoms with van der Waals surface area (Å²) in [5, 5.41) is 11.4. The number of anilines is 3. The molecular weight excluding hydrogens is 490 g/mol. The Kier molecular flexibility index (Phi) is 7.69. The lowest BCUT2D eigenvalue weighted by atomic mass is 9.92. The van der Waals surface area contributed by atoms with E-state index >= 15 is 0 Å². The lowest BCUT2D eigenvalue weighted by molar-refractivity contribution is 0.102. The van der Waals surface area contributed by atoms with E-state index in [1.807, 2.05) is 19.1 Å². The van der Waals surface area contributed by atoms with Gasteiger partial charge >= 0.3 is 0 Å². The van der Waals surface area contributed by atoms with Crippen molar-refractivity contribution in [3.63, 3.8) is 0 Å². The number of hydrogen-bond donors (Lipinski definition) is 1. The molecule has 0 spiro atoms. The molecule has 4 bridgehead atoms. The molecule has 1 amide bonds. The van der Waals surface area contributed by atoms with Crippen molar-refractivity contribution in [3.8, 4) is 5.75 Å². The van der Waals surface area contributed by atoms with Gasteiger partial charge in [-0.05, 0) is 56.2 Å². The molecule has 0 saturated carbocycles. The van der Waals surface area contributed by atoms with Crippen LogP contribution in [0.2, 0.25) is 5.15 Å². The fourth-order valence-corrected chi connectivity index (χ4v) is 5.29. The lowest BCUT2D eigenvalue weighted by Crippen LogP contribution is -2.37. The minimum Gasteiger partial charge on any atom is -0.497 e. The second-order valence-electron chi connectivity index (χ2n) is 9.77. The lowest BCUT2D eigenvalue weighted by Gasteiger charge is -2.35. The van der Waals surface area contributed by atoms with Crippen LogP contribution >= 0.6 is 11.6 Å². The van der Waals surface area contributed by atoms with Gasteiger partial charge in [0.15, 0.2) is 10.8 Å². The minimum absolute atomic E-state index is 0.257. The van der Waals surface area contributed by atoms with E-state index in [9.17, 15) is 4.79 Å². The summed E-state index contributed by atoms with van der Waals surface area (Å²) < 4.78 is 5.31. The number of rotatable bonds is 3. The Morgan fingerprint density at radius 2 is 1.86 bits per heavy atom. The first-order valence-corrected chi connectivity index (χ1v) is 13.2. The van der Waals surface area contributed by atoms with Crippen molar-refractivity contribution in [3.05, 3.63) is 58.5 Å². The SMILES string of the molecule is COc1ccc(CN2CCCCC3CCCN(C3)c3cc(Cl)nnc3C(=O)Nc3cc(C)nc2n3)cc1. The molecular formula is C27H32ClN7O2. The highest BCUT2D eigenvalue weighted by Gasteiger charge is 2.26. The van der Waals surface area contributed by atoms with E-state index in [2.05, 4.69) is 37.4 Å². The molecule has 2 aliphatic rings. The Bertz CT molecular complexity index is 1250. The molecule has 4 heterocycles. The molecule has 0 aliphatic carbocycles. The van der Waals surface area contributed by atoms with Crippen LogP contribution < -0.4 is 19.9 Å². The zero-order chi connectivity index (χ0) is 25.8. The number of piperidine rings is 1. The van der Waals surface area contributed by atoms with Crippen LogP contribution in [0.15, 0.2) is 36.4 Å². The Morgan fingerprint density at radius 3 is 2.68 bits per heavy atom. The van der Waals surface area contributed by atoms with Crippen molar-refractivity contribution in [1.29, 1.82) is 0 Å². The molecule has 0 radical (unpaired) electrons. The smallest absolute Gasteiger partial charge is 0.279 e. The molecule has 1 aromatic carbocycles. The van der Waals surface area contributed by atoms with Gasteiger partial charge in [-0.3, -0.25) is 4.79 Å². The number of methoxy groups -OCH3 is 1. The number of carbonyl (C=O) groups excluding carboxylic acids is 1. The van der Waals surface area contributed by atoms with E-state index in [0.29, 0.717) is 24.2 Å². The fraction of sp³-hybridized carbons (Fsp3) is 0.444. The molecule has 1 unspecified atom stereocenters. The van der Waals surface area contributed by atoms with E-state index in [-0.39, 0.29) is 16.8 Å². The van der Waals surface area contributed by atoms with Gasteiger partial charge < -0.3 is 19.9 Å². The number of aromatic nitrogens is 4. The van der Waals surface area contributed by atoms with E-state index in [0.717, 1.165) is 68.0 Å². The molecule has 2 aromatic heterocycles. The molecule has 9 nitrogen and oxygen atoms in total. The number of nitrogens with one attached hydrogen (secondary N) is 1. The van der Waals surface area contributed by atoms with Gasteiger partial charge in [0.05, 0.1) is 12.8 Å². The number of halogens is 1. The van der Waals surface area contributed by atoms with Gasteiger partial charge in [-0.15, -0.1) is 10.2 Å². The van der Waals surface area contributed by atoms with Crippen LogP contribution in [0.25, 0.3) is 0 Å². The molecule has 1 saturated heterocycles. The maximum atomic E-state index is 13.4. The summed E-state index contributed by atoms with van der Waals surface area (Å²) in [7, 11) is 1.67. The summed E-state index contributed by atoms with van der Waals surface area (Å²) in [5.74, 6) is 2.04. The normalized spacial score (nSPS) is 18.4. The molecule has 2 aliphatic heterocycles. The number of amides is 1. The zero-order valence-corrected chi connectivity index (χ0v) is 22.0. The van der Waals surface area contributed by atoms with Crippen molar-refractivity contribution in [2.75, 3.05) is 41.9 Å². The molecule has 1 atom stereocenters. The highest BCUT2D eigenvalue weighted by atomic mass is 35.5. The van der Waals surface area contributed by atoms with Gasteiger partial charge in [-0.25, -0.2) is 4.98 Å². The first kappa shape index (κ1) is 25.2. The van der Waals surface area contributed by atoms with Crippen molar-refractivity contribution >= 4 is 35.0 Å². The Balaban J connectivity index is 1.49. The van der Waals surface area contributed by atoms with Gasteiger partial charge in [0.2, 0.25) is 5.95 Å². The van der Waals surface area contributed by atoms with Gasteiger partial charge in [0.1, 0.15) is 11.6 Å². The summed E-state index contributed by atoms with van der Waals surface area (Å²) in [5.41, 5.74) is 2.89. The average Bonchev–Trinajstić information content (AvgIpc) is 2.90. The summed E-state index contributed by atoms with van der Waals surface area (Å²) in [6.45, 7) is 5.13. The summed E-state index contributed by atoms with van der Waals surface area (Å²) >= 11 is 6.21. The van der Waals surface area contributed by atoms with Crippen LogP contribution in [0.5, 0.6) is 5.75 Å². The topological polar surface area (TPSA) is 96.4 Å². The van der Waals surface area contributed by atoms with Crippen molar-refractivity contribution in [2.45, 2.75) is 45.6 Å². The second kappa shape index (κ2) is 11.3. The fourth-order valence-electron chi connectivity index (χ4n) is 5.15. The largest absolute Gasteiger partial charge is 0.497 e. The van der Waals surface area contributed by atoms with Crippen molar-refractivity contribution in [2.24, 2.45) is 5.92 Å². The number of nitrogens with zero attached hydrogens (tertiary/aromatic N) is 6. The van der Waals surface area contributed by atoms with Crippen LogP contribution in [0, 0.1) is 12.8 Å². The van der Waals surface area contributed by atoms with Gasteiger partial charge in [0, 0.05) is 44.0 Å².